The van der Waals surface area contributed by atoms with Crippen LogP contribution in [0.25, 0.3) is 0 Å². The first-order chi connectivity index (χ1) is 47.7. The number of aliphatic hydroxyl groups excluding tert-OH is 1. The number of aliphatic hydroxyl groups is 1. The monoisotopic (exact) mass is 1420 g/mol. The van der Waals surface area contributed by atoms with Gasteiger partial charge in [-0.3, -0.25) is 37.3 Å². The molecule has 0 aromatic heterocycles. The molecule has 0 aliphatic carbocycles. The van der Waals surface area contributed by atoms with Gasteiger partial charge in [0, 0.05) is 25.7 Å². The van der Waals surface area contributed by atoms with Crippen molar-refractivity contribution in [1.82, 2.24) is 0 Å². The maximum Gasteiger partial charge on any atom is 0.472 e. The van der Waals surface area contributed by atoms with Crippen molar-refractivity contribution in [3.63, 3.8) is 0 Å². The number of carbonyl (C=O) groups is 4. The number of hydrogen-bond acceptors (Lipinski definition) is 15. The fourth-order valence-corrected chi connectivity index (χ4v) is 12.2. The van der Waals surface area contributed by atoms with E-state index in [1.807, 2.05) is 0 Å². The molecule has 0 rings (SSSR count). The smallest absolute Gasteiger partial charge is 0.462 e. The molecule has 0 bridgehead atoms. The van der Waals surface area contributed by atoms with Gasteiger partial charge < -0.3 is 33.8 Å². The van der Waals surface area contributed by atoms with Crippen LogP contribution in [0, 0.1) is 0 Å². The molecule has 0 aliphatic rings. The first-order valence-corrected chi connectivity index (χ1v) is 42.2. The van der Waals surface area contributed by atoms with Gasteiger partial charge in [-0.1, -0.05) is 287 Å². The maximum absolute atomic E-state index is 13.1. The molecule has 19 heteroatoms. The van der Waals surface area contributed by atoms with Gasteiger partial charge in [0.15, 0.2) is 12.2 Å². The Balaban J connectivity index is 5.36. The third kappa shape index (κ3) is 70.9. The second-order valence-electron chi connectivity index (χ2n) is 26.4. The van der Waals surface area contributed by atoms with Gasteiger partial charge in [0.1, 0.15) is 19.3 Å². The van der Waals surface area contributed by atoms with Crippen molar-refractivity contribution >= 4 is 39.5 Å². The zero-order valence-corrected chi connectivity index (χ0v) is 64.0. The summed E-state index contributed by atoms with van der Waals surface area (Å²) < 4.78 is 68.5. The molecule has 0 saturated heterocycles. The van der Waals surface area contributed by atoms with Crippen molar-refractivity contribution in [3.05, 3.63) is 72.9 Å². The van der Waals surface area contributed by atoms with Crippen molar-refractivity contribution in [3.8, 4) is 0 Å². The van der Waals surface area contributed by atoms with Gasteiger partial charge in [-0.25, -0.2) is 9.13 Å². The molecule has 0 aromatic carbocycles. The van der Waals surface area contributed by atoms with Crippen LogP contribution in [0.1, 0.15) is 349 Å². The second-order valence-corrected chi connectivity index (χ2v) is 29.3. The molecule has 0 heterocycles. The van der Waals surface area contributed by atoms with Crippen molar-refractivity contribution in [2.75, 3.05) is 39.6 Å². The van der Waals surface area contributed by atoms with E-state index in [-0.39, 0.29) is 25.7 Å². The molecular formula is C79H142O17P2. The minimum absolute atomic E-state index is 0.0763. The predicted octanol–water partition coefficient (Wildman–Crippen LogP) is 22.4. The molecule has 2 unspecified atom stereocenters. The highest BCUT2D eigenvalue weighted by molar-refractivity contribution is 7.47. The van der Waals surface area contributed by atoms with E-state index in [4.69, 9.17) is 37.0 Å². The zero-order valence-electron chi connectivity index (χ0n) is 62.2. The van der Waals surface area contributed by atoms with Crippen molar-refractivity contribution in [2.45, 2.75) is 367 Å². The molecule has 0 fully saturated rings. The van der Waals surface area contributed by atoms with Crippen molar-refractivity contribution < 1.29 is 80.2 Å². The van der Waals surface area contributed by atoms with E-state index in [9.17, 15) is 43.2 Å². The standard InChI is InChI=1S/C79H142O17P2/c1-5-9-13-17-21-25-29-33-36-40-43-47-51-55-59-63-76(81)89-69-74(95-78(83)65-61-57-53-49-45-39-32-28-24-20-16-12-8-4)71-93-97(85,86)91-67-73(80)68-92-98(87,88)94-72-75(96-79(84)66-62-58-54-50-46-42-38-35-31-27-23-19-15-11-7-3)70-90-77(82)64-60-56-52-48-44-41-37-34-30-26-22-18-14-10-6-2/h21,25-27,30-31,33-38,73-75,80H,5-20,22-24,28-29,32,39-72H2,1-4H3,(H,85,86)(H,87,88)/b25-21-,30-26-,31-27-,36-33-,37-34-,38-35-/t73-,74-,75-/m1/s1. The Morgan fingerprint density at radius 1 is 0.296 bits per heavy atom. The van der Waals surface area contributed by atoms with Crippen LogP contribution in [-0.4, -0.2) is 96.7 Å². The quantitative estimate of drug-likeness (QED) is 0.0128. The average molecular weight is 1430 g/mol. The van der Waals surface area contributed by atoms with E-state index in [0.717, 1.165) is 148 Å². The highest BCUT2D eigenvalue weighted by atomic mass is 31.2. The average Bonchev–Trinajstić information content (AvgIpc) is 0.959. The summed E-state index contributed by atoms with van der Waals surface area (Å²) in [5.41, 5.74) is 0. The fourth-order valence-electron chi connectivity index (χ4n) is 10.6. The summed E-state index contributed by atoms with van der Waals surface area (Å²) in [6, 6.07) is 0. The topological polar surface area (TPSA) is 237 Å². The van der Waals surface area contributed by atoms with Crippen LogP contribution >= 0.6 is 15.6 Å². The van der Waals surface area contributed by atoms with Crippen LogP contribution in [0.2, 0.25) is 0 Å². The zero-order chi connectivity index (χ0) is 71.8. The van der Waals surface area contributed by atoms with Gasteiger partial charge in [0.2, 0.25) is 0 Å². The van der Waals surface area contributed by atoms with Crippen LogP contribution in [-0.2, 0) is 65.4 Å². The summed E-state index contributed by atoms with van der Waals surface area (Å²) >= 11 is 0. The number of unbranched alkanes of at least 4 members (excludes halogenated alkanes) is 38. The third-order valence-electron chi connectivity index (χ3n) is 16.7. The summed E-state index contributed by atoms with van der Waals surface area (Å²) in [5, 5.41) is 10.6. The van der Waals surface area contributed by atoms with E-state index < -0.39 is 97.5 Å². The lowest BCUT2D eigenvalue weighted by atomic mass is 10.0. The Morgan fingerprint density at radius 3 is 0.847 bits per heavy atom. The van der Waals surface area contributed by atoms with Crippen LogP contribution in [0.5, 0.6) is 0 Å². The van der Waals surface area contributed by atoms with E-state index in [2.05, 4.69) is 101 Å². The molecule has 0 aromatic rings. The number of phosphoric acid groups is 2. The van der Waals surface area contributed by atoms with E-state index >= 15 is 0 Å². The molecule has 3 N–H and O–H groups in total. The van der Waals surface area contributed by atoms with Gasteiger partial charge in [-0.05, 0) is 109 Å². The lowest BCUT2D eigenvalue weighted by molar-refractivity contribution is -0.161. The van der Waals surface area contributed by atoms with Crippen LogP contribution in [0.4, 0.5) is 0 Å². The Morgan fingerprint density at radius 2 is 0.531 bits per heavy atom. The molecular weight excluding hydrogens is 1280 g/mol. The first-order valence-electron chi connectivity index (χ1n) is 39.2. The molecule has 0 radical (unpaired) electrons. The highest BCUT2D eigenvalue weighted by Gasteiger charge is 2.30. The van der Waals surface area contributed by atoms with Gasteiger partial charge >= 0.3 is 39.5 Å². The molecule has 0 saturated carbocycles. The number of rotatable bonds is 74. The summed E-state index contributed by atoms with van der Waals surface area (Å²) in [5.74, 6) is -2.20. The summed E-state index contributed by atoms with van der Waals surface area (Å²) in [6.45, 7) is 4.81. The summed E-state index contributed by atoms with van der Waals surface area (Å²) in [4.78, 5) is 72.9. The van der Waals surface area contributed by atoms with Crippen LogP contribution < -0.4 is 0 Å². The Bertz CT molecular complexity index is 2140. The summed E-state index contributed by atoms with van der Waals surface area (Å²) in [6.07, 6.45) is 71.6. The number of carbonyl (C=O) groups excluding carboxylic acids is 4. The van der Waals surface area contributed by atoms with E-state index in [1.54, 1.807) is 0 Å². The fraction of sp³-hybridized carbons (Fsp3) is 0.797. The highest BCUT2D eigenvalue weighted by Crippen LogP contribution is 2.45. The van der Waals surface area contributed by atoms with Gasteiger partial charge in [-0.15, -0.1) is 0 Å². The minimum Gasteiger partial charge on any atom is -0.462 e. The lowest BCUT2D eigenvalue weighted by Gasteiger charge is -2.21. The number of hydrogen-bond donors (Lipinski definition) is 3. The molecule has 5 atom stereocenters. The largest absolute Gasteiger partial charge is 0.472 e. The maximum atomic E-state index is 13.1. The Hall–Kier alpha value is -3.50. The molecule has 570 valence electrons. The number of esters is 4. The molecule has 0 spiro atoms. The second kappa shape index (κ2) is 71.9. The van der Waals surface area contributed by atoms with Crippen LogP contribution in [0.3, 0.4) is 0 Å². The Kier molecular flexibility index (Phi) is 69.3. The van der Waals surface area contributed by atoms with Crippen molar-refractivity contribution in [2.24, 2.45) is 0 Å². The normalized spacial score (nSPS) is 14.3. The first kappa shape index (κ1) is 94.5. The van der Waals surface area contributed by atoms with E-state index in [0.29, 0.717) is 25.7 Å². The van der Waals surface area contributed by atoms with Gasteiger partial charge in [-0.2, -0.15) is 0 Å². The van der Waals surface area contributed by atoms with Gasteiger partial charge in [0.05, 0.1) is 26.4 Å². The number of phosphoric ester groups is 2. The molecule has 98 heavy (non-hydrogen) atoms. The molecule has 17 nitrogen and oxygen atoms in total. The lowest BCUT2D eigenvalue weighted by Crippen LogP contribution is -2.30. The van der Waals surface area contributed by atoms with Crippen molar-refractivity contribution in [1.29, 1.82) is 0 Å². The summed E-state index contributed by atoms with van der Waals surface area (Å²) in [7, 11) is -9.95. The molecule has 0 amide bonds. The van der Waals surface area contributed by atoms with Gasteiger partial charge in [0.25, 0.3) is 0 Å². The van der Waals surface area contributed by atoms with Crippen LogP contribution in [0.15, 0.2) is 72.9 Å². The third-order valence-corrected chi connectivity index (χ3v) is 18.6. The van der Waals surface area contributed by atoms with E-state index in [1.165, 1.54) is 122 Å². The predicted molar refractivity (Wildman–Crippen MR) is 400 cm³/mol. The SMILES string of the molecule is CCCCC/C=C\C/C=C\CCCCCCCC(=O)OC[C@H](COP(=O)(O)OC[C@@H](O)COP(=O)(O)OC[C@@H](COC(=O)CCCCCCC/C=C\C=C/CCCCCC)OC(=O)CCCCCCC/C=C\C=C/CCCCCC)OC(=O)CCCCCCCCCCCCCCC. The minimum atomic E-state index is -4.98. The molecule has 0 aliphatic heterocycles. The Labute approximate surface area is 596 Å². The number of ether oxygens (including phenoxy) is 4. The number of allylic oxidation sites excluding steroid dienone is 12.